The molecule has 1 heterocycles. The van der Waals surface area contributed by atoms with E-state index in [0.29, 0.717) is 6.04 Å². The summed E-state index contributed by atoms with van der Waals surface area (Å²) < 4.78 is 0. The van der Waals surface area contributed by atoms with Crippen LogP contribution in [0.1, 0.15) is 42.3 Å². The molecular weight excluding hydrogens is 204 g/mol. The zero-order valence-corrected chi connectivity index (χ0v) is 11.1. The molecule has 86 valence electrons. The lowest BCUT2D eigenvalue weighted by molar-refractivity contribution is 0.494. The van der Waals surface area contributed by atoms with Crippen molar-refractivity contribution >= 4 is 11.3 Å². The molecule has 2 nitrogen and oxygen atoms in total. The van der Waals surface area contributed by atoms with Crippen LogP contribution in [-0.4, -0.2) is 17.6 Å². The van der Waals surface area contributed by atoms with Gasteiger partial charge in [-0.25, -0.2) is 4.98 Å². The fourth-order valence-electron chi connectivity index (χ4n) is 1.55. The van der Waals surface area contributed by atoms with E-state index in [9.17, 15) is 0 Å². The maximum Gasteiger partial charge on any atom is 0.0946 e. The van der Waals surface area contributed by atoms with Crippen LogP contribution in [0.4, 0.5) is 0 Å². The van der Waals surface area contributed by atoms with Crippen LogP contribution in [0, 0.1) is 13.8 Å². The van der Waals surface area contributed by atoms with Crippen LogP contribution in [0.3, 0.4) is 0 Å². The maximum atomic E-state index is 4.58. The first kappa shape index (κ1) is 12.7. The van der Waals surface area contributed by atoms with Gasteiger partial charge in [0.25, 0.3) is 0 Å². The van der Waals surface area contributed by atoms with Crippen LogP contribution in [0.15, 0.2) is 0 Å². The standard InChI is InChI=1S/C12H22N2S/c1-5-7-13-11(6-2)8-12-14-9(3)10(4)15-12/h11,13H,5-8H2,1-4H3. The van der Waals surface area contributed by atoms with Crippen LogP contribution >= 0.6 is 11.3 Å². The Balaban J connectivity index is 2.50. The van der Waals surface area contributed by atoms with Crippen molar-refractivity contribution in [1.82, 2.24) is 10.3 Å². The van der Waals surface area contributed by atoms with Crippen molar-refractivity contribution in [3.8, 4) is 0 Å². The number of aryl methyl sites for hydroxylation is 2. The van der Waals surface area contributed by atoms with Crippen molar-refractivity contribution in [2.45, 2.75) is 53.0 Å². The first-order chi connectivity index (χ1) is 7.17. The lowest BCUT2D eigenvalue weighted by atomic mass is 10.1. The van der Waals surface area contributed by atoms with Crippen LogP contribution < -0.4 is 5.32 Å². The van der Waals surface area contributed by atoms with E-state index in [1.807, 2.05) is 11.3 Å². The van der Waals surface area contributed by atoms with E-state index in [-0.39, 0.29) is 0 Å². The Morgan fingerprint density at radius 3 is 2.53 bits per heavy atom. The van der Waals surface area contributed by atoms with E-state index < -0.39 is 0 Å². The quantitative estimate of drug-likeness (QED) is 0.806. The van der Waals surface area contributed by atoms with E-state index in [1.165, 1.54) is 28.4 Å². The van der Waals surface area contributed by atoms with Gasteiger partial charge in [0.1, 0.15) is 0 Å². The Labute approximate surface area is 97.1 Å². The zero-order valence-electron chi connectivity index (χ0n) is 10.3. The first-order valence-corrected chi connectivity index (χ1v) is 6.65. The van der Waals surface area contributed by atoms with Gasteiger partial charge in [-0.2, -0.15) is 0 Å². The van der Waals surface area contributed by atoms with Crippen molar-refractivity contribution in [3.63, 3.8) is 0 Å². The van der Waals surface area contributed by atoms with Gasteiger partial charge in [0.05, 0.1) is 10.7 Å². The lowest BCUT2D eigenvalue weighted by Gasteiger charge is -2.14. The highest BCUT2D eigenvalue weighted by molar-refractivity contribution is 7.11. The van der Waals surface area contributed by atoms with E-state index in [2.05, 4.69) is 38.0 Å². The lowest BCUT2D eigenvalue weighted by Crippen LogP contribution is -2.31. The minimum atomic E-state index is 0.592. The minimum absolute atomic E-state index is 0.592. The van der Waals surface area contributed by atoms with Crippen molar-refractivity contribution in [2.24, 2.45) is 0 Å². The fraction of sp³-hybridized carbons (Fsp3) is 0.750. The highest BCUT2D eigenvalue weighted by Gasteiger charge is 2.10. The number of thiazole rings is 1. The SMILES string of the molecule is CCCNC(CC)Cc1nc(C)c(C)s1. The molecule has 0 amide bonds. The Morgan fingerprint density at radius 1 is 1.33 bits per heavy atom. The number of nitrogens with one attached hydrogen (secondary N) is 1. The summed E-state index contributed by atoms with van der Waals surface area (Å²) in [6.07, 6.45) is 3.46. The zero-order chi connectivity index (χ0) is 11.3. The van der Waals surface area contributed by atoms with Gasteiger partial charge in [-0.3, -0.25) is 0 Å². The predicted octanol–water partition coefficient (Wildman–Crippen LogP) is 3.08. The van der Waals surface area contributed by atoms with Crippen LogP contribution in [-0.2, 0) is 6.42 Å². The third-order valence-electron chi connectivity index (χ3n) is 2.67. The van der Waals surface area contributed by atoms with E-state index in [4.69, 9.17) is 0 Å². The maximum absolute atomic E-state index is 4.58. The molecule has 1 aromatic rings. The molecular formula is C12H22N2S. The Morgan fingerprint density at radius 2 is 2.07 bits per heavy atom. The molecule has 1 atom stereocenters. The average Bonchev–Trinajstić information content (AvgIpc) is 2.53. The van der Waals surface area contributed by atoms with Crippen LogP contribution in [0.5, 0.6) is 0 Å². The second kappa shape index (κ2) is 6.23. The molecule has 3 heteroatoms. The molecule has 1 N–H and O–H groups in total. The van der Waals surface area contributed by atoms with Gasteiger partial charge in [-0.1, -0.05) is 13.8 Å². The van der Waals surface area contributed by atoms with Crippen molar-refractivity contribution in [2.75, 3.05) is 6.54 Å². The van der Waals surface area contributed by atoms with E-state index >= 15 is 0 Å². The van der Waals surface area contributed by atoms with Crippen molar-refractivity contribution in [1.29, 1.82) is 0 Å². The molecule has 0 aliphatic heterocycles. The molecule has 0 saturated heterocycles. The molecule has 1 aromatic heterocycles. The molecule has 0 fully saturated rings. The molecule has 0 bridgehead atoms. The first-order valence-electron chi connectivity index (χ1n) is 5.83. The van der Waals surface area contributed by atoms with E-state index in [1.54, 1.807) is 0 Å². The second-order valence-corrected chi connectivity index (χ2v) is 5.30. The third-order valence-corrected chi connectivity index (χ3v) is 3.76. The summed E-state index contributed by atoms with van der Waals surface area (Å²) in [5, 5.41) is 4.84. The number of hydrogen-bond donors (Lipinski definition) is 1. The molecule has 0 spiro atoms. The number of hydrogen-bond acceptors (Lipinski definition) is 3. The smallest absolute Gasteiger partial charge is 0.0946 e. The van der Waals surface area contributed by atoms with Gasteiger partial charge in [-0.05, 0) is 33.2 Å². The predicted molar refractivity (Wildman–Crippen MR) is 67.7 cm³/mol. The number of rotatable bonds is 6. The molecule has 0 aliphatic rings. The van der Waals surface area contributed by atoms with Gasteiger partial charge >= 0.3 is 0 Å². The van der Waals surface area contributed by atoms with Gasteiger partial charge in [0.2, 0.25) is 0 Å². The number of nitrogens with zero attached hydrogens (tertiary/aromatic N) is 1. The number of aromatic nitrogens is 1. The van der Waals surface area contributed by atoms with Crippen LogP contribution in [0.25, 0.3) is 0 Å². The highest BCUT2D eigenvalue weighted by Crippen LogP contribution is 2.18. The summed E-state index contributed by atoms with van der Waals surface area (Å²) >= 11 is 1.84. The molecule has 1 rings (SSSR count). The fourth-order valence-corrected chi connectivity index (χ4v) is 2.56. The van der Waals surface area contributed by atoms with Crippen LogP contribution in [0.2, 0.25) is 0 Å². The summed E-state index contributed by atoms with van der Waals surface area (Å²) in [6.45, 7) is 9.80. The Hall–Kier alpha value is -0.410. The summed E-state index contributed by atoms with van der Waals surface area (Å²) in [4.78, 5) is 5.94. The van der Waals surface area contributed by atoms with Gasteiger partial charge in [-0.15, -0.1) is 11.3 Å². The molecule has 0 aromatic carbocycles. The average molecular weight is 226 g/mol. The molecule has 15 heavy (non-hydrogen) atoms. The largest absolute Gasteiger partial charge is 0.314 e. The highest BCUT2D eigenvalue weighted by atomic mass is 32.1. The Bertz CT molecular complexity index is 274. The molecule has 0 aliphatic carbocycles. The van der Waals surface area contributed by atoms with Gasteiger partial charge in [0, 0.05) is 17.3 Å². The summed E-state index contributed by atoms with van der Waals surface area (Å²) in [5.41, 5.74) is 1.19. The van der Waals surface area contributed by atoms with Crippen molar-refractivity contribution in [3.05, 3.63) is 15.6 Å². The van der Waals surface area contributed by atoms with Crippen molar-refractivity contribution < 1.29 is 0 Å². The monoisotopic (exact) mass is 226 g/mol. The summed E-state index contributed by atoms with van der Waals surface area (Å²) in [7, 11) is 0. The molecule has 0 radical (unpaired) electrons. The molecule has 0 saturated carbocycles. The minimum Gasteiger partial charge on any atom is -0.314 e. The second-order valence-electron chi connectivity index (χ2n) is 4.01. The topological polar surface area (TPSA) is 24.9 Å². The third kappa shape index (κ3) is 3.92. The van der Waals surface area contributed by atoms with E-state index in [0.717, 1.165) is 13.0 Å². The van der Waals surface area contributed by atoms with Gasteiger partial charge in [0.15, 0.2) is 0 Å². The summed E-state index contributed by atoms with van der Waals surface area (Å²) in [6, 6.07) is 0.592. The normalized spacial score (nSPS) is 13.1. The Kier molecular flexibility index (Phi) is 5.26. The summed E-state index contributed by atoms with van der Waals surface area (Å²) in [5.74, 6) is 0. The van der Waals surface area contributed by atoms with Gasteiger partial charge < -0.3 is 5.32 Å². The molecule has 1 unspecified atom stereocenters.